The van der Waals surface area contributed by atoms with Gasteiger partial charge in [0.05, 0.1) is 0 Å². The van der Waals surface area contributed by atoms with Crippen LogP contribution in [-0.2, 0) is 0 Å². The molecule has 0 saturated heterocycles. The number of aromatic hydroxyl groups is 1. The van der Waals surface area contributed by atoms with Gasteiger partial charge >= 0.3 is 6.18 Å². The monoisotopic (exact) mass is 206 g/mol. The Labute approximate surface area is 78.1 Å². The van der Waals surface area contributed by atoms with E-state index in [0.717, 1.165) is 6.07 Å². The van der Waals surface area contributed by atoms with Crippen LogP contribution in [0.3, 0.4) is 0 Å². The highest BCUT2D eigenvalue weighted by Crippen LogP contribution is 2.34. The first-order chi connectivity index (χ1) is 6.32. The summed E-state index contributed by atoms with van der Waals surface area (Å²) in [6, 6.07) is 1.11. The number of halogens is 3. The van der Waals surface area contributed by atoms with Crippen LogP contribution in [-0.4, -0.2) is 11.3 Å². The average Bonchev–Trinajstić information content (AvgIpc) is 2.06. The van der Waals surface area contributed by atoms with E-state index in [-0.39, 0.29) is 17.0 Å². The van der Waals surface area contributed by atoms with Gasteiger partial charge in [-0.3, -0.25) is 0 Å². The molecule has 0 unspecified atom stereocenters. The van der Waals surface area contributed by atoms with Gasteiger partial charge in [-0.05, 0) is 18.2 Å². The third kappa shape index (κ3) is 2.08. The molecule has 1 atom stereocenters. The van der Waals surface area contributed by atoms with Crippen LogP contribution in [0, 0.1) is 0 Å². The molecule has 0 heterocycles. The lowest BCUT2D eigenvalue weighted by Crippen LogP contribution is -2.29. The van der Waals surface area contributed by atoms with E-state index in [0.29, 0.717) is 0 Å². The fourth-order valence-electron chi connectivity index (χ4n) is 1.01. The first-order valence-electron chi connectivity index (χ1n) is 3.73. The van der Waals surface area contributed by atoms with Crippen molar-refractivity contribution in [1.29, 1.82) is 0 Å². The molecule has 1 rings (SSSR count). The van der Waals surface area contributed by atoms with Gasteiger partial charge in [-0.2, -0.15) is 13.2 Å². The molecule has 1 aromatic rings. The molecule has 0 aliphatic carbocycles. The van der Waals surface area contributed by atoms with Crippen LogP contribution in [0.4, 0.5) is 18.9 Å². The van der Waals surface area contributed by atoms with E-state index in [1.54, 1.807) is 0 Å². The molecule has 1 aromatic carbocycles. The van der Waals surface area contributed by atoms with Crippen LogP contribution in [0.25, 0.3) is 0 Å². The van der Waals surface area contributed by atoms with Crippen molar-refractivity contribution in [2.75, 3.05) is 5.73 Å². The summed E-state index contributed by atoms with van der Waals surface area (Å²) in [6.07, 6.45) is -4.57. The highest BCUT2D eigenvalue weighted by atomic mass is 19.4. The van der Waals surface area contributed by atoms with Crippen LogP contribution >= 0.6 is 0 Å². The smallest absolute Gasteiger partial charge is 0.407 e. The fraction of sp³-hybridized carbons (Fsp3) is 0.250. The summed E-state index contributed by atoms with van der Waals surface area (Å²) in [4.78, 5) is 0. The van der Waals surface area contributed by atoms with Crippen LogP contribution in [0.1, 0.15) is 11.6 Å². The summed E-state index contributed by atoms with van der Waals surface area (Å²) in [7, 11) is 0. The number of hydrogen-bond donors (Lipinski definition) is 3. The zero-order valence-electron chi connectivity index (χ0n) is 7.05. The largest absolute Gasteiger partial charge is 0.508 e. The molecule has 3 nitrogen and oxygen atoms in total. The van der Waals surface area contributed by atoms with Gasteiger partial charge in [0.1, 0.15) is 11.8 Å². The van der Waals surface area contributed by atoms with Crippen molar-refractivity contribution in [2.45, 2.75) is 12.2 Å². The van der Waals surface area contributed by atoms with Crippen molar-refractivity contribution in [3.8, 4) is 5.75 Å². The molecular weight excluding hydrogens is 197 g/mol. The standard InChI is InChI=1S/C8H9F3N2O/c9-8(10,11)7(13)5-3-4(14)1-2-6(5)12/h1-3,7,14H,12-13H2/t7-/m0/s1. The van der Waals surface area contributed by atoms with Crippen LogP contribution in [0.15, 0.2) is 18.2 Å². The van der Waals surface area contributed by atoms with E-state index < -0.39 is 12.2 Å². The van der Waals surface area contributed by atoms with Crippen LogP contribution in [0.2, 0.25) is 0 Å². The first kappa shape index (κ1) is 10.6. The molecule has 0 bridgehead atoms. The van der Waals surface area contributed by atoms with Crippen molar-refractivity contribution >= 4 is 5.69 Å². The van der Waals surface area contributed by atoms with Crippen LogP contribution < -0.4 is 11.5 Å². The molecule has 0 aromatic heterocycles. The van der Waals surface area contributed by atoms with Gasteiger partial charge in [0.25, 0.3) is 0 Å². The number of nitrogens with two attached hydrogens (primary N) is 2. The molecular formula is C8H9F3N2O. The van der Waals surface area contributed by atoms with E-state index in [4.69, 9.17) is 16.6 Å². The van der Waals surface area contributed by atoms with Gasteiger partial charge < -0.3 is 16.6 Å². The maximum Gasteiger partial charge on any atom is 0.407 e. The number of nitrogen functional groups attached to an aromatic ring is 1. The molecule has 78 valence electrons. The Morgan fingerprint density at radius 3 is 2.36 bits per heavy atom. The highest BCUT2D eigenvalue weighted by molar-refractivity contribution is 5.52. The minimum Gasteiger partial charge on any atom is -0.508 e. The molecule has 6 heteroatoms. The maximum atomic E-state index is 12.2. The Morgan fingerprint density at radius 2 is 1.86 bits per heavy atom. The summed E-state index contributed by atoms with van der Waals surface area (Å²) in [6.45, 7) is 0. The van der Waals surface area contributed by atoms with E-state index in [1.807, 2.05) is 0 Å². The van der Waals surface area contributed by atoms with Crippen molar-refractivity contribution in [3.05, 3.63) is 23.8 Å². The second-order valence-electron chi connectivity index (χ2n) is 2.83. The summed E-state index contributed by atoms with van der Waals surface area (Å²) in [5, 5.41) is 8.97. The molecule has 0 aliphatic heterocycles. The minimum absolute atomic E-state index is 0.0902. The van der Waals surface area contributed by atoms with Gasteiger partial charge in [-0.1, -0.05) is 0 Å². The van der Waals surface area contributed by atoms with Gasteiger partial charge in [-0.25, -0.2) is 0 Å². The Bertz CT molecular complexity index is 338. The lowest BCUT2D eigenvalue weighted by atomic mass is 10.1. The molecule has 0 amide bonds. The third-order valence-corrected chi connectivity index (χ3v) is 1.76. The topological polar surface area (TPSA) is 72.3 Å². The average molecular weight is 206 g/mol. The SMILES string of the molecule is Nc1ccc(O)cc1[C@H](N)C(F)(F)F. The molecule has 0 saturated carbocycles. The molecule has 14 heavy (non-hydrogen) atoms. The van der Waals surface area contributed by atoms with Gasteiger partial charge in [0.2, 0.25) is 0 Å². The van der Waals surface area contributed by atoms with E-state index in [9.17, 15) is 13.2 Å². The maximum absolute atomic E-state index is 12.2. The molecule has 0 fully saturated rings. The molecule has 0 aliphatic rings. The second kappa shape index (κ2) is 3.38. The lowest BCUT2D eigenvalue weighted by molar-refractivity contribution is -0.149. The summed E-state index contributed by atoms with van der Waals surface area (Å²) in [5.74, 6) is -0.297. The van der Waals surface area contributed by atoms with Gasteiger partial charge in [-0.15, -0.1) is 0 Å². The Hall–Kier alpha value is -1.43. The number of benzene rings is 1. The minimum atomic E-state index is -4.57. The number of phenolic OH excluding ortho intramolecular Hbond substituents is 1. The van der Waals surface area contributed by atoms with Crippen molar-refractivity contribution < 1.29 is 18.3 Å². The normalized spacial score (nSPS) is 14.0. The summed E-state index contributed by atoms with van der Waals surface area (Å²) >= 11 is 0. The van der Waals surface area contributed by atoms with Crippen molar-refractivity contribution in [1.82, 2.24) is 0 Å². The summed E-state index contributed by atoms with van der Waals surface area (Å²) in [5.41, 5.74) is 9.81. The predicted octanol–water partition coefficient (Wildman–Crippen LogP) is 1.54. The molecule has 0 radical (unpaired) electrons. The third-order valence-electron chi connectivity index (χ3n) is 1.76. The number of rotatable bonds is 1. The van der Waals surface area contributed by atoms with Crippen LogP contribution in [0.5, 0.6) is 5.75 Å². The zero-order valence-corrected chi connectivity index (χ0v) is 7.05. The zero-order chi connectivity index (χ0) is 10.9. The number of phenols is 1. The molecule has 5 N–H and O–H groups in total. The van der Waals surface area contributed by atoms with Gasteiger partial charge in [0.15, 0.2) is 0 Å². The first-order valence-corrected chi connectivity index (χ1v) is 3.73. The summed E-state index contributed by atoms with van der Waals surface area (Å²) < 4.78 is 36.6. The van der Waals surface area contributed by atoms with Gasteiger partial charge in [0, 0.05) is 11.3 Å². The number of anilines is 1. The Morgan fingerprint density at radius 1 is 1.29 bits per heavy atom. The second-order valence-corrected chi connectivity index (χ2v) is 2.83. The fourth-order valence-corrected chi connectivity index (χ4v) is 1.01. The predicted molar refractivity (Wildman–Crippen MR) is 45.5 cm³/mol. The number of hydrogen-bond acceptors (Lipinski definition) is 3. The molecule has 0 spiro atoms. The van der Waals surface area contributed by atoms with Crippen molar-refractivity contribution in [2.24, 2.45) is 5.73 Å². The number of alkyl halides is 3. The highest BCUT2D eigenvalue weighted by Gasteiger charge is 2.38. The quantitative estimate of drug-likeness (QED) is 0.482. The van der Waals surface area contributed by atoms with E-state index in [2.05, 4.69) is 0 Å². The Balaban J connectivity index is 3.12. The lowest BCUT2D eigenvalue weighted by Gasteiger charge is -2.17. The van der Waals surface area contributed by atoms with E-state index >= 15 is 0 Å². The Kier molecular flexibility index (Phi) is 2.57. The van der Waals surface area contributed by atoms with E-state index in [1.165, 1.54) is 12.1 Å². The van der Waals surface area contributed by atoms with Crippen molar-refractivity contribution in [3.63, 3.8) is 0 Å².